The molecule has 0 spiro atoms. The molecule has 0 aliphatic rings. The zero-order chi connectivity index (χ0) is 14.0. The van der Waals surface area contributed by atoms with Crippen molar-refractivity contribution in [3.05, 3.63) is 52.7 Å². The Hall–Kier alpha value is -2.28. The first-order valence-electron chi connectivity index (χ1n) is 6.04. The van der Waals surface area contributed by atoms with E-state index < -0.39 is 5.82 Å². The van der Waals surface area contributed by atoms with Crippen molar-refractivity contribution in [1.29, 1.82) is 5.26 Å². The molecule has 0 bridgehead atoms. The topological polar surface area (TPSA) is 49.0 Å². The molecule has 3 nitrogen and oxygen atoms in total. The molecular formula is C15H15FN2O. The standard InChI is InChI=1S/C15H15FN2O/c1-9-6-14(11(3)19-9)10(2)18-13-4-5-15(16)12(7-13)8-17/h4-7,10,18H,1-3H3. The number of aryl methyl sites for hydroxylation is 2. The predicted molar refractivity (Wildman–Crippen MR) is 71.3 cm³/mol. The van der Waals surface area contributed by atoms with Gasteiger partial charge in [-0.15, -0.1) is 0 Å². The summed E-state index contributed by atoms with van der Waals surface area (Å²) in [6, 6.07) is 8.25. The van der Waals surface area contributed by atoms with Crippen molar-refractivity contribution < 1.29 is 8.81 Å². The average Bonchev–Trinajstić information content (AvgIpc) is 2.71. The first kappa shape index (κ1) is 13.2. The maximum absolute atomic E-state index is 13.2. The minimum absolute atomic E-state index is 0.0226. The van der Waals surface area contributed by atoms with Crippen LogP contribution >= 0.6 is 0 Å². The van der Waals surface area contributed by atoms with Crippen LogP contribution in [0.4, 0.5) is 10.1 Å². The van der Waals surface area contributed by atoms with Gasteiger partial charge in [-0.3, -0.25) is 0 Å². The zero-order valence-electron chi connectivity index (χ0n) is 11.1. The molecule has 1 N–H and O–H groups in total. The molecular weight excluding hydrogens is 243 g/mol. The average molecular weight is 258 g/mol. The van der Waals surface area contributed by atoms with E-state index in [2.05, 4.69) is 5.32 Å². The summed E-state index contributed by atoms with van der Waals surface area (Å²) in [6.45, 7) is 5.80. The summed E-state index contributed by atoms with van der Waals surface area (Å²) in [5, 5.41) is 12.0. The SMILES string of the molecule is Cc1cc(C(C)Nc2ccc(F)c(C#N)c2)c(C)o1. The van der Waals surface area contributed by atoms with Crippen molar-refractivity contribution in [2.75, 3.05) is 5.32 Å². The maximum atomic E-state index is 13.2. The van der Waals surface area contributed by atoms with E-state index in [0.29, 0.717) is 5.69 Å². The van der Waals surface area contributed by atoms with Crippen LogP contribution in [0.1, 0.15) is 35.6 Å². The fourth-order valence-corrected chi connectivity index (χ4v) is 2.11. The van der Waals surface area contributed by atoms with Crippen LogP contribution in [0.5, 0.6) is 0 Å². The Bertz CT molecular complexity index is 640. The lowest BCUT2D eigenvalue weighted by molar-refractivity contribution is 0.500. The smallest absolute Gasteiger partial charge is 0.141 e. The summed E-state index contributed by atoms with van der Waals surface area (Å²) in [5.74, 6) is 1.22. The first-order valence-corrected chi connectivity index (χ1v) is 6.04. The number of anilines is 1. The molecule has 1 unspecified atom stereocenters. The molecule has 2 rings (SSSR count). The molecule has 1 aromatic carbocycles. The third kappa shape index (κ3) is 2.76. The molecule has 0 radical (unpaired) electrons. The van der Waals surface area contributed by atoms with Crippen LogP contribution in [0.25, 0.3) is 0 Å². The Labute approximate surface area is 111 Å². The number of nitriles is 1. The number of nitrogens with one attached hydrogen (secondary N) is 1. The second-order valence-electron chi connectivity index (χ2n) is 4.54. The second-order valence-corrected chi connectivity index (χ2v) is 4.54. The minimum Gasteiger partial charge on any atom is -0.466 e. The van der Waals surface area contributed by atoms with Crippen LogP contribution < -0.4 is 5.32 Å². The van der Waals surface area contributed by atoms with E-state index in [1.807, 2.05) is 32.9 Å². The first-order chi connectivity index (χ1) is 9.01. The highest BCUT2D eigenvalue weighted by Gasteiger charge is 2.13. The van der Waals surface area contributed by atoms with Crippen molar-refractivity contribution in [2.24, 2.45) is 0 Å². The van der Waals surface area contributed by atoms with E-state index >= 15 is 0 Å². The van der Waals surface area contributed by atoms with Gasteiger partial charge in [0, 0.05) is 11.3 Å². The fourth-order valence-electron chi connectivity index (χ4n) is 2.11. The normalized spacial score (nSPS) is 11.9. The van der Waals surface area contributed by atoms with Gasteiger partial charge in [0.25, 0.3) is 0 Å². The van der Waals surface area contributed by atoms with Crippen molar-refractivity contribution in [1.82, 2.24) is 0 Å². The van der Waals surface area contributed by atoms with Gasteiger partial charge in [0.1, 0.15) is 23.4 Å². The van der Waals surface area contributed by atoms with Crippen LogP contribution in [-0.4, -0.2) is 0 Å². The Kier molecular flexibility index (Phi) is 3.57. The molecule has 0 fully saturated rings. The molecule has 98 valence electrons. The summed E-state index contributed by atoms with van der Waals surface area (Å²) < 4.78 is 18.7. The second kappa shape index (κ2) is 5.15. The highest BCUT2D eigenvalue weighted by atomic mass is 19.1. The lowest BCUT2D eigenvalue weighted by atomic mass is 10.1. The van der Waals surface area contributed by atoms with Gasteiger partial charge in [0.15, 0.2) is 0 Å². The molecule has 0 amide bonds. The van der Waals surface area contributed by atoms with Crippen molar-refractivity contribution >= 4 is 5.69 Å². The number of hydrogen-bond acceptors (Lipinski definition) is 3. The molecule has 2 aromatic rings. The molecule has 0 saturated carbocycles. The predicted octanol–water partition coefficient (Wildman–Crippen LogP) is 4.08. The van der Waals surface area contributed by atoms with Gasteiger partial charge in [-0.05, 0) is 45.0 Å². The summed E-state index contributed by atoms with van der Waals surface area (Å²) in [7, 11) is 0. The minimum atomic E-state index is -0.504. The van der Waals surface area contributed by atoms with Gasteiger partial charge in [0.05, 0.1) is 11.6 Å². The van der Waals surface area contributed by atoms with Gasteiger partial charge in [-0.2, -0.15) is 5.26 Å². The largest absolute Gasteiger partial charge is 0.466 e. The van der Waals surface area contributed by atoms with Crippen LogP contribution in [0.15, 0.2) is 28.7 Å². The number of nitrogens with zero attached hydrogens (tertiary/aromatic N) is 1. The van der Waals surface area contributed by atoms with Crippen molar-refractivity contribution in [3.8, 4) is 6.07 Å². The molecule has 0 aliphatic carbocycles. The summed E-state index contributed by atoms with van der Waals surface area (Å²) >= 11 is 0. The van der Waals surface area contributed by atoms with Crippen LogP contribution in [0.2, 0.25) is 0 Å². The van der Waals surface area contributed by atoms with Gasteiger partial charge in [0.2, 0.25) is 0 Å². The molecule has 1 heterocycles. The van der Waals surface area contributed by atoms with E-state index in [-0.39, 0.29) is 11.6 Å². The number of rotatable bonds is 3. The number of furan rings is 1. The van der Waals surface area contributed by atoms with E-state index in [0.717, 1.165) is 17.1 Å². The number of halogens is 1. The van der Waals surface area contributed by atoms with E-state index in [9.17, 15) is 4.39 Å². The maximum Gasteiger partial charge on any atom is 0.141 e. The molecule has 4 heteroatoms. The highest BCUT2D eigenvalue weighted by molar-refractivity contribution is 5.51. The van der Waals surface area contributed by atoms with Crippen molar-refractivity contribution in [2.45, 2.75) is 26.8 Å². The third-order valence-corrected chi connectivity index (χ3v) is 3.02. The summed E-state index contributed by atoms with van der Waals surface area (Å²) in [6.07, 6.45) is 0. The Morgan fingerprint density at radius 3 is 2.63 bits per heavy atom. The quantitative estimate of drug-likeness (QED) is 0.902. The van der Waals surface area contributed by atoms with E-state index in [4.69, 9.17) is 9.68 Å². The van der Waals surface area contributed by atoms with Gasteiger partial charge >= 0.3 is 0 Å². The van der Waals surface area contributed by atoms with E-state index in [1.165, 1.54) is 12.1 Å². The third-order valence-electron chi connectivity index (χ3n) is 3.02. The van der Waals surface area contributed by atoms with Gasteiger partial charge < -0.3 is 9.73 Å². The van der Waals surface area contributed by atoms with Gasteiger partial charge in [-0.25, -0.2) is 4.39 Å². The number of benzene rings is 1. The van der Waals surface area contributed by atoms with Crippen molar-refractivity contribution in [3.63, 3.8) is 0 Å². The molecule has 1 atom stereocenters. The molecule has 0 saturated heterocycles. The van der Waals surface area contributed by atoms with Crippen LogP contribution in [-0.2, 0) is 0 Å². The molecule has 1 aromatic heterocycles. The molecule has 0 aliphatic heterocycles. The monoisotopic (exact) mass is 258 g/mol. The van der Waals surface area contributed by atoms with Gasteiger partial charge in [-0.1, -0.05) is 0 Å². The van der Waals surface area contributed by atoms with Crippen LogP contribution in [0.3, 0.4) is 0 Å². The summed E-state index contributed by atoms with van der Waals surface area (Å²) in [5.41, 5.74) is 1.81. The zero-order valence-corrected chi connectivity index (χ0v) is 11.1. The Morgan fingerprint density at radius 2 is 2.05 bits per heavy atom. The Morgan fingerprint density at radius 1 is 1.32 bits per heavy atom. The Balaban J connectivity index is 2.22. The number of hydrogen-bond donors (Lipinski definition) is 1. The molecule has 19 heavy (non-hydrogen) atoms. The lowest BCUT2D eigenvalue weighted by Crippen LogP contribution is -2.07. The van der Waals surface area contributed by atoms with E-state index in [1.54, 1.807) is 6.07 Å². The lowest BCUT2D eigenvalue weighted by Gasteiger charge is -2.15. The highest BCUT2D eigenvalue weighted by Crippen LogP contribution is 2.25. The summed E-state index contributed by atoms with van der Waals surface area (Å²) in [4.78, 5) is 0. The fraction of sp³-hybridized carbons (Fsp3) is 0.267. The van der Waals surface area contributed by atoms with Crippen LogP contribution in [0, 0.1) is 31.0 Å².